The Morgan fingerprint density at radius 3 is 2.20 bits per heavy atom. The molecule has 112 valence electrons. The lowest BCUT2D eigenvalue weighted by molar-refractivity contribution is -0.120. The molecule has 0 fully saturated rings. The van der Waals surface area contributed by atoms with Crippen LogP contribution in [0, 0.1) is 0 Å². The number of carbonyl (C=O) groups is 1. The molecule has 1 rings (SSSR count). The number of methoxy groups -OCH3 is 2. The maximum absolute atomic E-state index is 12.5. The number of amides is 1. The molecule has 1 atom stereocenters. The summed E-state index contributed by atoms with van der Waals surface area (Å²) < 4.78 is 35.0. The van der Waals surface area contributed by atoms with Crippen LogP contribution in [0.2, 0.25) is 0 Å². The Morgan fingerprint density at radius 1 is 1.25 bits per heavy atom. The molecule has 0 aliphatic carbocycles. The molecule has 0 aliphatic rings. The molecule has 0 saturated heterocycles. The van der Waals surface area contributed by atoms with Crippen LogP contribution in [0.5, 0.6) is 11.5 Å². The molecule has 20 heavy (non-hydrogen) atoms. The quantitative estimate of drug-likeness (QED) is 0.764. The van der Waals surface area contributed by atoms with Gasteiger partial charge < -0.3 is 20.9 Å². The average Bonchev–Trinajstić information content (AvgIpc) is 2.44. The fourth-order valence-corrected chi connectivity index (χ4v) is 3.27. The Balaban J connectivity index is 3.47. The molecule has 4 N–H and O–H groups in total. The first-order chi connectivity index (χ1) is 9.24. The minimum absolute atomic E-state index is 0.140. The van der Waals surface area contributed by atoms with Crippen LogP contribution in [0.15, 0.2) is 23.1 Å². The van der Waals surface area contributed by atoms with Crippen LogP contribution in [0.1, 0.15) is 13.3 Å². The second-order valence-electron chi connectivity index (χ2n) is 4.13. The Labute approximate surface area is 117 Å². The number of ether oxygens (including phenoxy) is 2. The van der Waals surface area contributed by atoms with Crippen LogP contribution in [0.4, 0.5) is 0 Å². The first-order valence-electron chi connectivity index (χ1n) is 5.80. The molecular weight excluding hydrogens is 284 g/mol. The average molecular weight is 302 g/mol. The van der Waals surface area contributed by atoms with Gasteiger partial charge in [0.1, 0.15) is 0 Å². The third-order valence-corrected chi connectivity index (χ3v) is 5.41. The fourth-order valence-electron chi connectivity index (χ4n) is 1.69. The largest absolute Gasteiger partial charge is 0.493 e. The minimum Gasteiger partial charge on any atom is -0.493 e. The van der Waals surface area contributed by atoms with Crippen molar-refractivity contribution < 1.29 is 22.7 Å². The summed E-state index contributed by atoms with van der Waals surface area (Å²) in [5, 5.41) is 0. The molecule has 0 radical (unpaired) electrons. The topological polar surface area (TPSA) is 122 Å². The van der Waals surface area contributed by atoms with Crippen molar-refractivity contribution in [2.45, 2.75) is 23.1 Å². The smallest absolute Gasteiger partial charge is 0.253 e. The van der Waals surface area contributed by atoms with E-state index in [4.69, 9.17) is 20.9 Å². The Kier molecular flexibility index (Phi) is 4.61. The Hall–Kier alpha value is -1.80. The van der Waals surface area contributed by atoms with Gasteiger partial charge in [-0.15, -0.1) is 0 Å². The first kappa shape index (κ1) is 16.3. The second kappa shape index (κ2) is 5.68. The highest BCUT2D eigenvalue weighted by Gasteiger charge is 2.45. The number of carbonyl (C=O) groups excluding carboxylic acids is 1. The van der Waals surface area contributed by atoms with Gasteiger partial charge in [-0.3, -0.25) is 4.79 Å². The standard InChI is InChI=1S/C12H18N2O5S/c1-4-12(14,11(13)15)20(16,17)8-5-6-9(18-2)10(7-8)19-3/h5-7H,4,14H2,1-3H3,(H2,13,15). The molecule has 1 aromatic rings. The Bertz CT molecular complexity index is 614. The predicted octanol–water partition coefficient (Wildman–Crippen LogP) is 0.0278. The molecule has 0 aromatic heterocycles. The van der Waals surface area contributed by atoms with Crippen molar-refractivity contribution >= 4 is 15.7 Å². The van der Waals surface area contributed by atoms with Gasteiger partial charge in [-0.05, 0) is 18.6 Å². The molecule has 1 unspecified atom stereocenters. The first-order valence-corrected chi connectivity index (χ1v) is 7.28. The highest BCUT2D eigenvalue weighted by Crippen LogP contribution is 2.33. The zero-order chi connectivity index (χ0) is 15.6. The van der Waals surface area contributed by atoms with E-state index in [9.17, 15) is 13.2 Å². The van der Waals surface area contributed by atoms with Crippen molar-refractivity contribution in [3.05, 3.63) is 18.2 Å². The van der Waals surface area contributed by atoms with Crippen LogP contribution < -0.4 is 20.9 Å². The van der Waals surface area contributed by atoms with E-state index >= 15 is 0 Å². The van der Waals surface area contributed by atoms with Crippen molar-refractivity contribution in [2.24, 2.45) is 11.5 Å². The molecule has 8 heteroatoms. The van der Waals surface area contributed by atoms with Crippen LogP contribution in [0.25, 0.3) is 0 Å². The van der Waals surface area contributed by atoms with Gasteiger partial charge in [-0.1, -0.05) is 6.92 Å². The minimum atomic E-state index is -4.14. The van der Waals surface area contributed by atoms with E-state index in [2.05, 4.69) is 0 Å². The van der Waals surface area contributed by atoms with E-state index in [0.29, 0.717) is 5.75 Å². The number of nitrogens with two attached hydrogens (primary N) is 2. The number of hydrogen-bond acceptors (Lipinski definition) is 6. The maximum atomic E-state index is 12.5. The zero-order valence-electron chi connectivity index (χ0n) is 11.5. The van der Waals surface area contributed by atoms with Gasteiger partial charge in [-0.25, -0.2) is 8.42 Å². The molecule has 7 nitrogen and oxygen atoms in total. The molecule has 0 heterocycles. The van der Waals surface area contributed by atoms with Crippen molar-refractivity contribution in [3.63, 3.8) is 0 Å². The van der Waals surface area contributed by atoms with Gasteiger partial charge in [-0.2, -0.15) is 0 Å². The molecule has 0 bridgehead atoms. The van der Waals surface area contributed by atoms with Crippen LogP contribution in [0.3, 0.4) is 0 Å². The highest BCUT2D eigenvalue weighted by atomic mass is 32.2. The maximum Gasteiger partial charge on any atom is 0.253 e. The SMILES string of the molecule is CCC(N)(C(N)=O)S(=O)(=O)c1ccc(OC)c(OC)c1. The second-order valence-corrected chi connectivity index (χ2v) is 6.33. The summed E-state index contributed by atoms with van der Waals surface area (Å²) in [5.74, 6) is -0.518. The van der Waals surface area contributed by atoms with Gasteiger partial charge in [0.15, 0.2) is 11.5 Å². The van der Waals surface area contributed by atoms with Gasteiger partial charge in [0.05, 0.1) is 19.1 Å². The number of rotatable bonds is 6. The summed E-state index contributed by atoms with van der Waals surface area (Å²) >= 11 is 0. The van der Waals surface area contributed by atoms with Crippen molar-refractivity contribution in [3.8, 4) is 11.5 Å². The van der Waals surface area contributed by atoms with E-state index in [-0.39, 0.29) is 17.1 Å². The van der Waals surface area contributed by atoms with E-state index in [1.165, 1.54) is 39.3 Å². The molecular formula is C12H18N2O5S. The molecule has 0 spiro atoms. The number of benzene rings is 1. The van der Waals surface area contributed by atoms with Crippen molar-refractivity contribution in [1.82, 2.24) is 0 Å². The zero-order valence-corrected chi connectivity index (χ0v) is 12.4. The molecule has 0 saturated carbocycles. The van der Waals surface area contributed by atoms with E-state index < -0.39 is 20.6 Å². The molecule has 0 aliphatic heterocycles. The number of primary amides is 1. The third-order valence-electron chi connectivity index (χ3n) is 3.09. The molecule has 1 aromatic carbocycles. The summed E-state index contributed by atoms with van der Waals surface area (Å²) in [5.41, 5.74) is 10.8. The fraction of sp³-hybridized carbons (Fsp3) is 0.417. The molecule has 1 amide bonds. The Morgan fingerprint density at radius 2 is 1.80 bits per heavy atom. The van der Waals surface area contributed by atoms with E-state index in [0.717, 1.165) is 0 Å². The lowest BCUT2D eigenvalue weighted by atomic mass is 10.2. The number of sulfone groups is 1. The van der Waals surface area contributed by atoms with E-state index in [1.807, 2.05) is 0 Å². The summed E-state index contributed by atoms with van der Waals surface area (Å²) in [6, 6.07) is 3.95. The van der Waals surface area contributed by atoms with E-state index in [1.54, 1.807) is 0 Å². The van der Waals surface area contributed by atoms with Crippen LogP contribution in [-0.2, 0) is 14.6 Å². The predicted molar refractivity (Wildman–Crippen MR) is 73.1 cm³/mol. The van der Waals surface area contributed by atoms with Crippen molar-refractivity contribution in [1.29, 1.82) is 0 Å². The summed E-state index contributed by atoms with van der Waals surface area (Å²) in [6.07, 6.45) is -0.140. The van der Waals surface area contributed by atoms with Gasteiger partial charge in [0.25, 0.3) is 5.91 Å². The van der Waals surface area contributed by atoms with Crippen LogP contribution in [-0.4, -0.2) is 33.4 Å². The summed E-state index contributed by atoms with van der Waals surface area (Å²) in [6.45, 7) is 1.48. The summed E-state index contributed by atoms with van der Waals surface area (Å²) in [4.78, 5) is 9.10. The monoisotopic (exact) mass is 302 g/mol. The third kappa shape index (κ3) is 2.44. The van der Waals surface area contributed by atoms with Gasteiger partial charge in [0, 0.05) is 6.07 Å². The highest BCUT2D eigenvalue weighted by molar-refractivity contribution is 7.93. The van der Waals surface area contributed by atoms with Crippen molar-refractivity contribution in [2.75, 3.05) is 14.2 Å². The normalized spacial score (nSPS) is 14.4. The number of hydrogen-bond donors (Lipinski definition) is 2. The lowest BCUT2D eigenvalue weighted by Crippen LogP contribution is -2.57. The van der Waals surface area contributed by atoms with Crippen LogP contribution >= 0.6 is 0 Å². The van der Waals surface area contributed by atoms with Gasteiger partial charge in [0.2, 0.25) is 14.7 Å². The van der Waals surface area contributed by atoms with Gasteiger partial charge >= 0.3 is 0 Å². The summed E-state index contributed by atoms with van der Waals surface area (Å²) in [7, 11) is -1.34. The lowest BCUT2D eigenvalue weighted by Gasteiger charge is -2.24.